The van der Waals surface area contributed by atoms with Crippen LogP contribution in [0.5, 0.6) is 0 Å². The highest BCUT2D eigenvalue weighted by Gasteiger charge is 2.26. The fraction of sp³-hybridized carbons (Fsp3) is 0.929. The van der Waals surface area contributed by atoms with Gasteiger partial charge in [0.1, 0.15) is 0 Å². The molecule has 0 spiro atoms. The van der Waals surface area contributed by atoms with E-state index in [1.54, 1.807) is 0 Å². The number of rotatable bonds is 5. The third-order valence-electron chi connectivity index (χ3n) is 4.58. The van der Waals surface area contributed by atoms with Gasteiger partial charge in [0.25, 0.3) is 0 Å². The first-order chi connectivity index (χ1) is 10.4. The van der Waals surface area contributed by atoms with Gasteiger partial charge in [0.05, 0.1) is 6.26 Å². The standard InChI is InChI=1S/C14H28N4O3S/c1-12(17-7-3-4-8-17)11-15-14(19)16-13-5-9-18(10-6-13)22(2,20)21/h12-13H,3-11H2,1-2H3,(H2,15,16,19). The maximum atomic E-state index is 11.9. The van der Waals surface area contributed by atoms with Gasteiger partial charge in [0, 0.05) is 31.7 Å². The summed E-state index contributed by atoms with van der Waals surface area (Å²) in [5.74, 6) is 0. The number of hydrogen-bond acceptors (Lipinski definition) is 4. The van der Waals surface area contributed by atoms with E-state index in [2.05, 4.69) is 22.5 Å². The quantitative estimate of drug-likeness (QED) is 0.753. The van der Waals surface area contributed by atoms with Crippen LogP contribution in [-0.4, -0.2) is 74.7 Å². The first kappa shape index (κ1) is 17.5. The lowest BCUT2D eigenvalue weighted by Gasteiger charge is -2.31. The molecule has 2 rings (SSSR count). The van der Waals surface area contributed by atoms with E-state index in [0.29, 0.717) is 38.5 Å². The third-order valence-corrected chi connectivity index (χ3v) is 5.88. The Bertz CT molecular complexity index is 468. The number of carbonyl (C=O) groups is 1. The summed E-state index contributed by atoms with van der Waals surface area (Å²) in [7, 11) is -3.11. The third kappa shape index (κ3) is 5.10. The average Bonchev–Trinajstić information content (AvgIpc) is 2.98. The van der Waals surface area contributed by atoms with Crippen LogP contribution in [0.4, 0.5) is 4.79 Å². The van der Waals surface area contributed by atoms with Crippen LogP contribution in [0, 0.1) is 0 Å². The van der Waals surface area contributed by atoms with E-state index in [9.17, 15) is 13.2 Å². The number of nitrogens with one attached hydrogen (secondary N) is 2. The molecule has 0 aromatic heterocycles. The van der Waals surface area contributed by atoms with Gasteiger partial charge in [-0.2, -0.15) is 0 Å². The smallest absolute Gasteiger partial charge is 0.315 e. The normalized spacial score (nSPS) is 23.4. The van der Waals surface area contributed by atoms with E-state index in [1.165, 1.54) is 23.4 Å². The SMILES string of the molecule is CC(CNC(=O)NC1CCN(S(C)(=O)=O)CC1)N1CCCC1. The number of likely N-dealkylation sites (tertiary alicyclic amines) is 1. The molecule has 22 heavy (non-hydrogen) atoms. The zero-order valence-electron chi connectivity index (χ0n) is 13.5. The molecule has 1 atom stereocenters. The van der Waals surface area contributed by atoms with Gasteiger partial charge in [0.15, 0.2) is 0 Å². The summed E-state index contributed by atoms with van der Waals surface area (Å²) >= 11 is 0. The minimum absolute atomic E-state index is 0.0556. The van der Waals surface area contributed by atoms with Crippen molar-refractivity contribution in [1.82, 2.24) is 19.8 Å². The highest BCUT2D eigenvalue weighted by Crippen LogP contribution is 2.13. The molecule has 0 radical (unpaired) electrons. The molecule has 2 aliphatic heterocycles. The van der Waals surface area contributed by atoms with Crippen LogP contribution >= 0.6 is 0 Å². The molecular weight excluding hydrogens is 304 g/mol. The number of nitrogens with zero attached hydrogens (tertiary/aromatic N) is 2. The molecule has 2 fully saturated rings. The van der Waals surface area contributed by atoms with Gasteiger partial charge in [-0.1, -0.05) is 0 Å². The molecule has 1 unspecified atom stereocenters. The van der Waals surface area contributed by atoms with Crippen molar-refractivity contribution in [2.24, 2.45) is 0 Å². The van der Waals surface area contributed by atoms with Crippen LogP contribution in [0.1, 0.15) is 32.6 Å². The van der Waals surface area contributed by atoms with Crippen LogP contribution in [0.2, 0.25) is 0 Å². The van der Waals surface area contributed by atoms with E-state index in [-0.39, 0.29) is 12.1 Å². The maximum Gasteiger partial charge on any atom is 0.315 e. The van der Waals surface area contributed by atoms with Crippen molar-refractivity contribution in [3.8, 4) is 0 Å². The molecule has 2 saturated heterocycles. The van der Waals surface area contributed by atoms with E-state index >= 15 is 0 Å². The first-order valence-corrected chi connectivity index (χ1v) is 9.94. The van der Waals surface area contributed by atoms with Gasteiger partial charge in [-0.25, -0.2) is 17.5 Å². The zero-order chi connectivity index (χ0) is 16.2. The van der Waals surface area contributed by atoms with Crippen LogP contribution < -0.4 is 10.6 Å². The number of sulfonamides is 1. The second kappa shape index (κ2) is 7.61. The summed E-state index contributed by atoms with van der Waals surface area (Å²) in [4.78, 5) is 14.3. The van der Waals surface area contributed by atoms with Crippen molar-refractivity contribution in [2.45, 2.75) is 44.7 Å². The molecule has 0 aromatic carbocycles. The second-order valence-corrected chi connectivity index (χ2v) is 8.37. The minimum atomic E-state index is -3.11. The molecule has 2 N–H and O–H groups in total. The van der Waals surface area contributed by atoms with Gasteiger partial charge in [-0.15, -0.1) is 0 Å². The van der Waals surface area contributed by atoms with Gasteiger partial charge in [-0.3, -0.25) is 4.90 Å². The zero-order valence-corrected chi connectivity index (χ0v) is 14.4. The van der Waals surface area contributed by atoms with E-state index in [1.807, 2.05) is 0 Å². The summed E-state index contributed by atoms with van der Waals surface area (Å²) in [6.45, 7) is 5.98. The maximum absolute atomic E-state index is 11.9. The molecule has 2 heterocycles. The number of piperidine rings is 1. The summed E-state index contributed by atoms with van der Waals surface area (Å²) in [6, 6.07) is 0.268. The van der Waals surface area contributed by atoms with E-state index in [0.717, 1.165) is 13.1 Å². The predicted octanol–water partition coefficient (Wildman–Crippen LogP) is 0.194. The van der Waals surface area contributed by atoms with Crippen molar-refractivity contribution < 1.29 is 13.2 Å². The molecule has 0 aliphatic carbocycles. The molecule has 0 aromatic rings. The van der Waals surface area contributed by atoms with Crippen LogP contribution in [0.15, 0.2) is 0 Å². The fourth-order valence-electron chi connectivity index (χ4n) is 3.12. The van der Waals surface area contributed by atoms with Gasteiger partial charge in [-0.05, 0) is 45.7 Å². The molecule has 2 aliphatic rings. The highest BCUT2D eigenvalue weighted by atomic mass is 32.2. The number of carbonyl (C=O) groups excluding carboxylic acids is 1. The van der Waals surface area contributed by atoms with Crippen LogP contribution in [0.25, 0.3) is 0 Å². The Morgan fingerprint density at radius 1 is 1.18 bits per heavy atom. The Kier molecular flexibility index (Phi) is 6.05. The summed E-state index contributed by atoms with van der Waals surface area (Å²) < 4.78 is 24.4. The summed E-state index contributed by atoms with van der Waals surface area (Å²) in [5, 5.41) is 5.87. The Balaban J connectivity index is 1.65. The number of urea groups is 1. The molecule has 128 valence electrons. The predicted molar refractivity (Wildman–Crippen MR) is 86.2 cm³/mol. The lowest BCUT2D eigenvalue weighted by molar-refractivity contribution is 0.217. The van der Waals surface area contributed by atoms with Crippen molar-refractivity contribution in [2.75, 3.05) is 39.0 Å². The van der Waals surface area contributed by atoms with Crippen molar-refractivity contribution >= 4 is 16.1 Å². The highest BCUT2D eigenvalue weighted by molar-refractivity contribution is 7.88. The summed E-state index contributed by atoms with van der Waals surface area (Å²) in [5.41, 5.74) is 0. The van der Waals surface area contributed by atoms with Gasteiger partial charge < -0.3 is 10.6 Å². The van der Waals surface area contributed by atoms with Crippen molar-refractivity contribution in [3.05, 3.63) is 0 Å². The lowest BCUT2D eigenvalue weighted by Crippen LogP contribution is -2.50. The van der Waals surface area contributed by atoms with Gasteiger partial charge >= 0.3 is 6.03 Å². The largest absolute Gasteiger partial charge is 0.337 e. The Hall–Kier alpha value is -0.860. The van der Waals surface area contributed by atoms with Gasteiger partial charge in [0.2, 0.25) is 10.0 Å². The molecule has 2 amide bonds. The van der Waals surface area contributed by atoms with Crippen LogP contribution in [-0.2, 0) is 10.0 Å². The Morgan fingerprint density at radius 3 is 2.32 bits per heavy atom. The monoisotopic (exact) mass is 332 g/mol. The van der Waals surface area contributed by atoms with Crippen molar-refractivity contribution in [1.29, 1.82) is 0 Å². The summed E-state index contributed by atoms with van der Waals surface area (Å²) in [6.07, 6.45) is 5.06. The topological polar surface area (TPSA) is 81.8 Å². The van der Waals surface area contributed by atoms with Crippen molar-refractivity contribution in [3.63, 3.8) is 0 Å². The number of hydrogen-bond donors (Lipinski definition) is 2. The second-order valence-electron chi connectivity index (χ2n) is 6.38. The molecular formula is C14H28N4O3S. The van der Waals surface area contributed by atoms with Crippen LogP contribution in [0.3, 0.4) is 0 Å². The molecule has 0 saturated carbocycles. The fourth-order valence-corrected chi connectivity index (χ4v) is 3.99. The Labute approximate surface area is 133 Å². The molecule has 7 nitrogen and oxygen atoms in total. The van der Waals surface area contributed by atoms with E-state index in [4.69, 9.17) is 0 Å². The first-order valence-electron chi connectivity index (χ1n) is 8.10. The number of amides is 2. The molecule has 8 heteroatoms. The minimum Gasteiger partial charge on any atom is -0.337 e. The Morgan fingerprint density at radius 2 is 1.77 bits per heavy atom. The van der Waals surface area contributed by atoms with E-state index < -0.39 is 10.0 Å². The molecule has 0 bridgehead atoms. The lowest BCUT2D eigenvalue weighted by atomic mass is 10.1. The average molecular weight is 332 g/mol.